The number of hydrogen-bond donors (Lipinski definition) is 2. The molecular weight excluding hydrogens is 294 g/mol. The molecule has 1 amide bonds. The normalized spacial score (nSPS) is 26.7. The van der Waals surface area contributed by atoms with Crippen LogP contribution >= 0.6 is 0 Å². The van der Waals surface area contributed by atoms with Gasteiger partial charge < -0.3 is 15.2 Å². The van der Waals surface area contributed by atoms with Crippen molar-refractivity contribution in [1.29, 1.82) is 0 Å². The number of aliphatic carboxylic acids is 1. The van der Waals surface area contributed by atoms with Gasteiger partial charge in [0.15, 0.2) is 0 Å². The van der Waals surface area contributed by atoms with E-state index in [0.717, 1.165) is 25.7 Å². The molecule has 4 atom stereocenters. The Morgan fingerprint density at radius 2 is 2.22 bits per heavy atom. The Morgan fingerprint density at radius 3 is 2.78 bits per heavy atom. The van der Waals surface area contributed by atoms with Gasteiger partial charge in [-0.15, -0.1) is 6.58 Å². The molecule has 0 unspecified atom stereocenters. The predicted molar refractivity (Wildman–Crippen MR) is 88.0 cm³/mol. The predicted octanol–water partition coefficient (Wildman–Crippen LogP) is 3.51. The number of carbonyl (C=O) groups is 2. The van der Waals surface area contributed by atoms with Gasteiger partial charge in [-0.25, -0.2) is 9.59 Å². The molecule has 0 bridgehead atoms. The number of carboxylic acids is 1. The number of nitrogens with one attached hydrogen (secondary N) is 1. The Hall–Kier alpha value is -1.78. The Balaban J connectivity index is 1.90. The average molecular weight is 321 g/mol. The molecule has 0 saturated heterocycles. The summed E-state index contributed by atoms with van der Waals surface area (Å²) < 4.78 is 5.55. The number of carbonyl (C=O) groups excluding carboxylic acids is 1. The molecule has 2 aliphatic rings. The number of fused-ring (bicyclic) bond motifs is 1. The summed E-state index contributed by atoms with van der Waals surface area (Å²) in [5.74, 6) is -0.281. The SMILES string of the molecule is C=CCCC[C@H]1C2=C[C@@H]2C[C@@H]1OC(=O)N[C@H](C(=O)O)C(C)(C)C. The molecule has 23 heavy (non-hydrogen) atoms. The van der Waals surface area contributed by atoms with E-state index in [2.05, 4.69) is 18.0 Å². The maximum Gasteiger partial charge on any atom is 0.408 e. The quantitative estimate of drug-likeness (QED) is 0.556. The third-order valence-electron chi connectivity index (χ3n) is 4.63. The van der Waals surface area contributed by atoms with Crippen LogP contribution in [0.4, 0.5) is 4.79 Å². The van der Waals surface area contributed by atoms with Crippen LogP contribution in [0, 0.1) is 17.3 Å². The van der Waals surface area contributed by atoms with Crippen LogP contribution in [0.2, 0.25) is 0 Å². The van der Waals surface area contributed by atoms with E-state index < -0.39 is 23.5 Å². The van der Waals surface area contributed by atoms with Gasteiger partial charge in [0.1, 0.15) is 12.1 Å². The molecule has 0 radical (unpaired) electrons. The lowest BCUT2D eigenvalue weighted by Gasteiger charge is -2.28. The standard InChI is InChI=1S/C18H27NO4/c1-5-6-7-8-12-13-9-11(13)10-14(12)23-17(22)19-15(16(20)21)18(2,3)4/h5,9,11-12,14-15H,1,6-8,10H2,2-4H3,(H,19,22)(H,20,21)/t11-,12+,14+,15-/m1/s1. The second-order valence-electron chi connectivity index (χ2n) is 7.56. The molecule has 0 aromatic rings. The van der Waals surface area contributed by atoms with E-state index in [0.29, 0.717) is 5.92 Å². The molecule has 5 heteroatoms. The van der Waals surface area contributed by atoms with E-state index in [1.807, 2.05) is 6.08 Å². The molecule has 2 rings (SSSR count). The van der Waals surface area contributed by atoms with E-state index in [-0.39, 0.29) is 12.0 Å². The van der Waals surface area contributed by atoms with Crippen molar-refractivity contribution >= 4 is 12.1 Å². The molecule has 0 aromatic heterocycles. The second kappa shape index (κ2) is 6.77. The Morgan fingerprint density at radius 1 is 1.52 bits per heavy atom. The number of alkyl carbamates (subject to hydrolysis) is 1. The molecule has 5 nitrogen and oxygen atoms in total. The third kappa shape index (κ3) is 4.36. The van der Waals surface area contributed by atoms with Crippen LogP contribution < -0.4 is 5.32 Å². The van der Waals surface area contributed by atoms with E-state index in [4.69, 9.17) is 4.74 Å². The number of carboxylic acid groups (broad SMARTS) is 1. The topological polar surface area (TPSA) is 75.6 Å². The fourth-order valence-electron chi connectivity index (χ4n) is 3.32. The minimum atomic E-state index is -1.05. The molecule has 0 aliphatic heterocycles. The first-order valence-electron chi connectivity index (χ1n) is 8.26. The maximum atomic E-state index is 12.1. The molecule has 1 fully saturated rings. The number of unbranched alkanes of at least 4 members (excludes halogenated alkanes) is 1. The van der Waals surface area contributed by atoms with Gasteiger partial charge in [-0.1, -0.05) is 38.5 Å². The average Bonchev–Trinajstić information content (AvgIpc) is 3.11. The first-order chi connectivity index (χ1) is 10.7. The zero-order valence-electron chi connectivity index (χ0n) is 14.2. The lowest BCUT2D eigenvalue weighted by Crippen LogP contribution is -2.50. The van der Waals surface area contributed by atoms with Gasteiger partial charge in [0.05, 0.1) is 0 Å². The zero-order chi connectivity index (χ0) is 17.2. The summed E-state index contributed by atoms with van der Waals surface area (Å²) in [5, 5.41) is 11.8. The molecule has 0 aromatic carbocycles. The fourth-order valence-corrected chi connectivity index (χ4v) is 3.32. The van der Waals surface area contributed by atoms with E-state index >= 15 is 0 Å². The first-order valence-corrected chi connectivity index (χ1v) is 8.26. The molecule has 1 saturated carbocycles. The van der Waals surface area contributed by atoms with Crippen molar-refractivity contribution in [3.05, 3.63) is 24.3 Å². The van der Waals surface area contributed by atoms with Crippen LogP contribution in [-0.2, 0) is 9.53 Å². The molecule has 0 spiro atoms. The Bertz CT molecular complexity index is 518. The van der Waals surface area contributed by atoms with Crippen molar-refractivity contribution in [3.63, 3.8) is 0 Å². The second-order valence-corrected chi connectivity index (χ2v) is 7.56. The van der Waals surface area contributed by atoms with Gasteiger partial charge in [-0.2, -0.15) is 0 Å². The highest BCUT2D eigenvalue weighted by atomic mass is 16.6. The number of ether oxygens (including phenoxy) is 1. The van der Waals surface area contributed by atoms with E-state index in [9.17, 15) is 14.7 Å². The number of hydrogen-bond acceptors (Lipinski definition) is 3. The lowest BCUT2D eigenvalue weighted by atomic mass is 9.87. The van der Waals surface area contributed by atoms with Crippen LogP contribution in [0.5, 0.6) is 0 Å². The van der Waals surface area contributed by atoms with Gasteiger partial charge in [0.2, 0.25) is 0 Å². The molecule has 128 valence electrons. The molecule has 2 N–H and O–H groups in total. The summed E-state index contributed by atoms with van der Waals surface area (Å²) in [5.41, 5.74) is 0.826. The summed E-state index contributed by atoms with van der Waals surface area (Å²) in [7, 11) is 0. The van der Waals surface area contributed by atoms with Crippen molar-refractivity contribution < 1.29 is 19.4 Å². The summed E-state index contributed by atoms with van der Waals surface area (Å²) in [4.78, 5) is 23.5. The largest absolute Gasteiger partial charge is 0.480 e. The smallest absolute Gasteiger partial charge is 0.408 e. The van der Waals surface area contributed by atoms with Crippen molar-refractivity contribution in [2.45, 2.75) is 58.6 Å². The Kier molecular flexibility index (Phi) is 5.17. The fraction of sp³-hybridized carbons (Fsp3) is 0.667. The Labute approximate surface area is 137 Å². The monoisotopic (exact) mass is 321 g/mol. The minimum Gasteiger partial charge on any atom is -0.480 e. The van der Waals surface area contributed by atoms with Crippen molar-refractivity contribution in [2.75, 3.05) is 0 Å². The summed E-state index contributed by atoms with van der Waals surface area (Å²) in [6, 6.07) is -0.968. The van der Waals surface area contributed by atoms with Gasteiger partial charge in [0, 0.05) is 11.8 Å². The summed E-state index contributed by atoms with van der Waals surface area (Å²) in [6.07, 6.45) is 7.16. The number of rotatable bonds is 7. The van der Waals surface area contributed by atoms with Crippen LogP contribution in [0.1, 0.15) is 46.5 Å². The summed E-state index contributed by atoms with van der Waals surface area (Å²) in [6.45, 7) is 9.06. The van der Waals surface area contributed by atoms with Crippen LogP contribution in [0.25, 0.3) is 0 Å². The van der Waals surface area contributed by atoms with Gasteiger partial charge >= 0.3 is 12.1 Å². The van der Waals surface area contributed by atoms with Crippen molar-refractivity contribution in [3.8, 4) is 0 Å². The van der Waals surface area contributed by atoms with Crippen LogP contribution in [-0.4, -0.2) is 29.3 Å². The molecular formula is C18H27NO4. The highest BCUT2D eigenvalue weighted by Crippen LogP contribution is 2.51. The maximum absolute atomic E-state index is 12.1. The van der Waals surface area contributed by atoms with Crippen LogP contribution in [0.3, 0.4) is 0 Å². The van der Waals surface area contributed by atoms with Crippen LogP contribution in [0.15, 0.2) is 24.3 Å². The highest BCUT2D eigenvalue weighted by molar-refractivity contribution is 5.80. The van der Waals surface area contributed by atoms with E-state index in [1.165, 1.54) is 5.57 Å². The zero-order valence-corrected chi connectivity index (χ0v) is 14.2. The third-order valence-corrected chi connectivity index (χ3v) is 4.63. The number of allylic oxidation sites excluding steroid dienone is 2. The number of amides is 1. The van der Waals surface area contributed by atoms with Crippen molar-refractivity contribution in [1.82, 2.24) is 5.32 Å². The van der Waals surface area contributed by atoms with Gasteiger partial charge in [-0.3, -0.25) is 0 Å². The van der Waals surface area contributed by atoms with Gasteiger partial charge in [-0.05, 0) is 31.1 Å². The lowest BCUT2D eigenvalue weighted by molar-refractivity contribution is -0.142. The van der Waals surface area contributed by atoms with E-state index in [1.54, 1.807) is 20.8 Å². The highest BCUT2D eigenvalue weighted by Gasteiger charge is 2.46. The molecule has 2 aliphatic carbocycles. The minimum absolute atomic E-state index is 0.140. The molecule has 0 heterocycles. The summed E-state index contributed by atoms with van der Waals surface area (Å²) >= 11 is 0. The first kappa shape index (κ1) is 17.6. The van der Waals surface area contributed by atoms with Gasteiger partial charge in [0.25, 0.3) is 0 Å². The van der Waals surface area contributed by atoms with Crippen molar-refractivity contribution in [2.24, 2.45) is 17.3 Å².